The second kappa shape index (κ2) is 4.82. The summed E-state index contributed by atoms with van der Waals surface area (Å²) in [6, 6.07) is -0.183. The van der Waals surface area contributed by atoms with E-state index < -0.39 is 17.5 Å². The Balaban J connectivity index is 2.45. The van der Waals surface area contributed by atoms with Crippen molar-refractivity contribution < 1.29 is 19.0 Å². The van der Waals surface area contributed by atoms with E-state index in [1.54, 1.807) is 0 Å². The fraction of sp³-hybridized carbons (Fsp3) is 0.917. The third kappa shape index (κ3) is 4.91. The molecule has 2 atom stereocenters. The zero-order valence-corrected chi connectivity index (χ0v) is 11.5. The lowest BCUT2D eigenvalue weighted by atomic mass is 10.1. The molecule has 1 aliphatic heterocycles. The van der Waals surface area contributed by atoms with Crippen LogP contribution in [-0.2, 0) is 14.2 Å². The molecule has 1 fully saturated rings. The Kier molecular flexibility index (Phi) is 4.04. The van der Waals surface area contributed by atoms with Gasteiger partial charge in [-0.1, -0.05) is 0 Å². The molecule has 1 heterocycles. The first-order valence-electron chi connectivity index (χ1n) is 5.90. The molecule has 1 aliphatic rings. The van der Waals surface area contributed by atoms with Gasteiger partial charge < -0.3 is 19.5 Å². The normalized spacial score (nSPS) is 28.6. The molecule has 1 N–H and O–H groups in total. The molecule has 0 saturated carbocycles. The van der Waals surface area contributed by atoms with Gasteiger partial charge in [0.1, 0.15) is 5.60 Å². The third-order valence-electron chi connectivity index (χ3n) is 2.35. The minimum Gasteiger partial charge on any atom is -0.444 e. The monoisotopic (exact) mass is 245 g/mol. The van der Waals surface area contributed by atoms with Crippen molar-refractivity contribution in [2.45, 2.75) is 65.1 Å². The van der Waals surface area contributed by atoms with E-state index in [0.29, 0.717) is 6.61 Å². The maximum atomic E-state index is 11.6. The summed E-state index contributed by atoms with van der Waals surface area (Å²) in [6.45, 7) is 11.5. The van der Waals surface area contributed by atoms with Crippen molar-refractivity contribution in [2.24, 2.45) is 0 Å². The minimum atomic E-state index is -0.592. The predicted octanol–water partition coefficient (Wildman–Crippen LogP) is 2.05. The molecular weight excluding hydrogens is 222 g/mol. The Morgan fingerprint density at radius 1 is 1.41 bits per heavy atom. The lowest BCUT2D eigenvalue weighted by Gasteiger charge is -2.39. The molecule has 0 spiro atoms. The first-order chi connectivity index (χ1) is 7.59. The molecule has 0 aromatic carbocycles. The number of carbonyl (C=O) groups excluding carboxylic acids is 1. The Hall–Kier alpha value is -0.810. The molecular formula is C12H23NO4. The van der Waals surface area contributed by atoms with Gasteiger partial charge in [-0.05, 0) is 41.5 Å². The van der Waals surface area contributed by atoms with Crippen molar-refractivity contribution in [1.29, 1.82) is 0 Å². The molecule has 2 unspecified atom stereocenters. The topological polar surface area (TPSA) is 56.8 Å². The average Bonchev–Trinajstić information content (AvgIpc) is 2.06. The molecule has 0 bridgehead atoms. The molecule has 1 rings (SSSR count). The van der Waals surface area contributed by atoms with Crippen molar-refractivity contribution >= 4 is 6.09 Å². The highest BCUT2D eigenvalue weighted by Gasteiger charge is 2.35. The second-order valence-corrected chi connectivity index (χ2v) is 5.79. The Bertz CT molecular complexity index is 283. The molecule has 1 amide bonds. The van der Waals surface area contributed by atoms with Crippen LogP contribution in [0.1, 0.15) is 41.5 Å². The van der Waals surface area contributed by atoms with E-state index in [4.69, 9.17) is 14.2 Å². The predicted molar refractivity (Wildman–Crippen MR) is 63.7 cm³/mol. The van der Waals surface area contributed by atoms with E-state index in [1.165, 1.54) is 0 Å². The summed E-state index contributed by atoms with van der Waals surface area (Å²) < 4.78 is 16.3. The summed E-state index contributed by atoms with van der Waals surface area (Å²) in [5.41, 5.74) is -0.497. The van der Waals surface area contributed by atoms with Crippen molar-refractivity contribution in [1.82, 2.24) is 5.32 Å². The number of rotatable bonds is 1. The van der Waals surface area contributed by atoms with Crippen molar-refractivity contribution in [3.05, 3.63) is 0 Å². The van der Waals surface area contributed by atoms with Gasteiger partial charge in [-0.25, -0.2) is 4.79 Å². The summed E-state index contributed by atoms with van der Waals surface area (Å²) in [5.74, 6) is -0.592. The van der Waals surface area contributed by atoms with Gasteiger partial charge in [0.05, 0.1) is 18.8 Å². The van der Waals surface area contributed by atoms with Crippen LogP contribution in [0, 0.1) is 0 Å². The smallest absolute Gasteiger partial charge is 0.408 e. The third-order valence-corrected chi connectivity index (χ3v) is 2.35. The number of carbonyl (C=O) groups is 1. The molecule has 0 radical (unpaired) electrons. The van der Waals surface area contributed by atoms with Gasteiger partial charge in [0.2, 0.25) is 0 Å². The van der Waals surface area contributed by atoms with Crippen LogP contribution in [0.2, 0.25) is 0 Å². The van der Waals surface area contributed by atoms with Gasteiger partial charge in [-0.3, -0.25) is 0 Å². The maximum absolute atomic E-state index is 11.6. The molecule has 17 heavy (non-hydrogen) atoms. The second-order valence-electron chi connectivity index (χ2n) is 5.79. The highest BCUT2D eigenvalue weighted by molar-refractivity contribution is 5.68. The quantitative estimate of drug-likeness (QED) is 0.768. The van der Waals surface area contributed by atoms with Crippen LogP contribution in [0.25, 0.3) is 0 Å². The van der Waals surface area contributed by atoms with Gasteiger partial charge in [0, 0.05) is 0 Å². The molecule has 0 aromatic heterocycles. The van der Waals surface area contributed by atoms with Crippen molar-refractivity contribution in [2.75, 3.05) is 6.61 Å². The van der Waals surface area contributed by atoms with Crippen LogP contribution in [0.5, 0.6) is 0 Å². The Morgan fingerprint density at radius 2 is 2.00 bits per heavy atom. The van der Waals surface area contributed by atoms with Gasteiger partial charge in [-0.2, -0.15) is 0 Å². The summed E-state index contributed by atoms with van der Waals surface area (Å²) in [4.78, 5) is 11.6. The largest absolute Gasteiger partial charge is 0.444 e. The summed E-state index contributed by atoms with van der Waals surface area (Å²) >= 11 is 0. The van der Waals surface area contributed by atoms with Crippen LogP contribution in [0.4, 0.5) is 4.79 Å². The number of hydrogen-bond donors (Lipinski definition) is 1. The van der Waals surface area contributed by atoms with Gasteiger partial charge >= 0.3 is 6.09 Å². The Morgan fingerprint density at radius 3 is 2.47 bits per heavy atom. The number of alkyl carbamates (subject to hydrolysis) is 1. The highest BCUT2D eigenvalue weighted by atomic mass is 16.7. The summed E-state index contributed by atoms with van der Waals surface area (Å²) in [7, 11) is 0. The number of nitrogens with one attached hydrogen (secondary N) is 1. The van der Waals surface area contributed by atoms with E-state index in [9.17, 15) is 4.79 Å². The summed E-state index contributed by atoms with van der Waals surface area (Å²) in [5, 5.41) is 2.75. The lowest BCUT2D eigenvalue weighted by Crippen LogP contribution is -2.55. The number of amides is 1. The fourth-order valence-electron chi connectivity index (χ4n) is 1.61. The maximum Gasteiger partial charge on any atom is 0.408 e. The highest BCUT2D eigenvalue weighted by Crippen LogP contribution is 2.22. The van der Waals surface area contributed by atoms with Gasteiger partial charge in [0.25, 0.3) is 0 Å². The number of hydrogen-bond acceptors (Lipinski definition) is 4. The van der Waals surface area contributed by atoms with Crippen LogP contribution < -0.4 is 5.32 Å². The first-order valence-corrected chi connectivity index (χ1v) is 5.90. The molecule has 0 aromatic rings. The lowest BCUT2D eigenvalue weighted by molar-refractivity contribution is -0.277. The van der Waals surface area contributed by atoms with Crippen LogP contribution >= 0.6 is 0 Å². The van der Waals surface area contributed by atoms with E-state index in [2.05, 4.69) is 5.32 Å². The van der Waals surface area contributed by atoms with E-state index in [0.717, 1.165) is 0 Å². The van der Waals surface area contributed by atoms with E-state index in [-0.39, 0.29) is 12.1 Å². The molecule has 100 valence electrons. The van der Waals surface area contributed by atoms with E-state index >= 15 is 0 Å². The van der Waals surface area contributed by atoms with Crippen molar-refractivity contribution in [3.8, 4) is 0 Å². The van der Waals surface area contributed by atoms with Crippen LogP contribution in [0.15, 0.2) is 0 Å². The summed E-state index contributed by atoms with van der Waals surface area (Å²) in [6.07, 6.45) is -0.549. The van der Waals surface area contributed by atoms with Crippen LogP contribution in [-0.4, -0.2) is 36.2 Å². The average molecular weight is 245 g/mol. The minimum absolute atomic E-state index is 0.105. The SMILES string of the molecule is CC1OC(C)(C)OCC1NC(=O)OC(C)(C)C. The van der Waals surface area contributed by atoms with Crippen LogP contribution in [0.3, 0.4) is 0 Å². The first kappa shape index (κ1) is 14.3. The standard InChI is InChI=1S/C12H23NO4/c1-8-9(7-15-12(5,6)16-8)13-10(14)17-11(2,3)4/h8-9H,7H2,1-6H3,(H,13,14). The fourth-order valence-corrected chi connectivity index (χ4v) is 1.61. The molecule has 0 aliphatic carbocycles. The molecule has 5 heteroatoms. The Labute approximate surface area is 103 Å². The molecule has 5 nitrogen and oxygen atoms in total. The van der Waals surface area contributed by atoms with Gasteiger partial charge in [0.15, 0.2) is 5.79 Å². The van der Waals surface area contributed by atoms with E-state index in [1.807, 2.05) is 41.5 Å². The van der Waals surface area contributed by atoms with Crippen molar-refractivity contribution in [3.63, 3.8) is 0 Å². The van der Waals surface area contributed by atoms with Gasteiger partial charge in [-0.15, -0.1) is 0 Å². The number of ether oxygens (including phenoxy) is 3. The zero-order chi connectivity index (χ0) is 13.3. The molecule has 1 saturated heterocycles. The zero-order valence-electron chi connectivity index (χ0n) is 11.5.